The van der Waals surface area contributed by atoms with Gasteiger partial charge in [0, 0.05) is 19.2 Å². The van der Waals surface area contributed by atoms with Gasteiger partial charge in [0.05, 0.1) is 0 Å². The number of fused-ring (bicyclic) bond motifs is 1. The van der Waals surface area contributed by atoms with E-state index in [2.05, 4.69) is 20.9 Å². The molecule has 1 aromatic heterocycles. The molecule has 1 aliphatic rings. The topological polar surface area (TPSA) is 96.3 Å². The first kappa shape index (κ1) is 14.4. The molecule has 2 heterocycles. The Morgan fingerprint density at radius 3 is 3.14 bits per heavy atom. The lowest BCUT2D eigenvalue weighted by atomic mass is 10.1. The maximum absolute atomic E-state index is 12.0. The first-order chi connectivity index (χ1) is 10.6. The van der Waals surface area contributed by atoms with Crippen LogP contribution in [0, 0.1) is 6.92 Å². The summed E-state index contributed by atoms with van der Waals surface area (Å²) in [5, 5.41) is 8.21. The van der Waals surface area contributed by atoms with Crippen LogP contribution in [0.1, 0.15) is 25.2 Å². The maximum Gasteiger partial charge on any atom is 0.319 e. The number of hydrogen-bond acceptors (Lipinski definition) is 4. The van der Waals surface area contributed by atoms with Crippen molar-refractivity contribution in [3.63, 3.8) is 0 Å². The zero-order chi connectivity index (χ0) is 15.5. The summed E-state index contributed by atoms with van der Waals surface area (Å²) in [5.41, 5.74) is 1.96. The molecule has 1 aromatic carbocycles. The Kier molecular flexibility index (Phi) is 3.95. The van der Waals surface area contributed by atoms with Crippen molar-refractivity contribution in [1.82, 2.24) is 15.6 Å². The van der Waals surface area contributed by atoms with Gasteiger partial charge in [0.2, 0.25) is 5.91 Å². The van der Waals surface area contributed by atoms with Gasteiger partial charge in [-0.05, 0) is 37.5 Å². The zero-order valence-corrected chi connectivity index (χ0v) is 12.3. The van der Waals surface area contributed by atoms with Gasteiger partial charge >= 0.3 is 6.03 Å². The van der Waals surface area contributed by atoms with Crippen LogP contribution in [0.3, 0.4) is 0 Å². The fourth-order valence-electron chi connectivity index (χ4n) is 2.52. The van der Waals surface area contributed by atoms with E-state index in [0.717, 1.165) is 12.8 Å². The Morgan fingerprint density at radius 1 is 1.41 bits per heavy atom. The molecule has 0 spiro atoms. The fourth-order valence-corrected chi connectivity index (χ4v) is 2.52. The van der Waals surface area contributed by atoms with Crippen molar-refractivity contribution < 1.29 is 14.0 Å². The molecule has 1 saturated heterocycles. The molecule has 22 heavy (non-hydrogen) atoms. The highest BCUT2D eigenvalue weighted by molar-refractivity contribution is 5.95. The molecule has 3 amide bonds. The number of oxazole rings is 1. The Morgan fingerprint density at radius 2 is 2.27 bits per heavy atom. The molecule has 116 valence electrons. The minimum absolute atomic E-state index is 0.129. The molecule has 3 rings (SSSR count). The predicted octanol–water partition coefficient (Wildman–Crippen LogP) is 1.93. The van der Waals surface area contributed by atoms with Crippen molar-refractivity contribution >= 4 is 28.7 Å². The number of nitrogens with one attached hydrogen (secondary N) is 3. The minimum Gasteiger partial charge on any atom is -0.441 e. The van der Waals surface area contributed by atoms with Crippen LogP contribution in [0.4, 0.5) is 10.5 Å². The molecule has 1 fully saturated rings. The quantitative estimate of drug-likeness (QED) is 0.789. The molecule has 3 N–H and O–H groups in total. The second-order valence-corrected chi connectivity index (χ2v) is 5.35. The second-order valence-electron chi connectivity index (χ2n) is 5.35. The van der Waals surface area contributed by atoms with Crippen molar-refractivity contribution in [3.05, 3.63) is 24.1 Å². The van der Waals surface area contributed by atoms with E-state index in [4.69, 9.17) is 4.42 Å². The fraction of sp³-hybridized carbons (Fsp3) is 0.400. The first-order valence-electron chi connectivity index (χ1n) is 7.34. The van der Waals surface area contributed by atoms with Crippen molar-refractivity contribution in [2.45, 2.75) is 32.2 Å². The second kappa shape index (κ2) is 6.05. The summed E-state index contributed by atoms with van der Waals surface area (Å²) in [6.45, 7) is 2.44. The van der Waals surface area contributed by atoms with Crippen molar-refractivity contribution in [2.75, 3.05) is 11.9 Å². The predicted molar refractivity (Wildman–Crippen MR) is 81.5 cm³/mol. The molecule has 0 radical (unpaired) electrons. The van der Waals surface area contributed by atoms with Crippen LogP contribution in [0.2, 0.25) is 0 Å². The third-order valence-electron chi connectivity index (χ3n) is 3.59. The molecule has 0 unspecified atom stereocenters. The molecule has 0 aliphatic carbocycles. The van der Waals surface area contributed by atoms with Crippen LogP contribution in [0.25, 0.3) is 11.1 Å². The minimum atomic E-state index is -0.486. The van der Waals surface area contributed by atoms with E-state index in [1.807, 2.05) is 0 Å². The third-order valence-corrected chi connectivity index (χ3v) is 3.59. The first-order valence-corrected chi connectivity index (χ1v) is 7.34. The number of rotatable bonds is 2. The number of carbonyl (C=O) groups is 2. The Labute approximate surface area is 127 Å². The maximum atomic E-state index is 12.0. The van der Waals surface area contributed by atoms with Crippen LogP contribution in [-0.2, 0) is 4.79 Å². The average Bonchev–Trinajstić information content (AvgIpc) is 2.72. The standard InChI is InChI=1S/C15H18N4O3/c1-9-17-12-8-10(5-6-13(12)22-9)18-15(21)19-11-4-2-3-7-16-14(11)20/h5-6,8,11H,2-4,7H2,1H3,(H,16,20)(H2,18,19,21)/t11-/m1/s1. The smallest absolute Gasteiger partial charge is 0.319 e. The van der Waals surface area contributed by atoms with Crippen LogP contribution in [0.5, 0.6) is 0 Å². The normalized spacial score (nSPS) is 18.6. The molecule has 0 saturated carbocycles. The van der Waals surface area contributed by atoms with Gasteiger partial charge in [-0.2, -0.15) is 0 Å². The number of hydrogen-bond donors (Lipinski definition) is 3. The van der Waals surface area contributed by atoms with E-state index in [-0.39, 0.29) is 5.91 Å². The van der Waals surface area contributed by atoms with Gasteiger partial charge in [0.1, 0.15) is 11.6 Å². The van der Waals surface area contributed by atoms with Crippen molar-refractivity contribution in [2.24, 2.45) is 0 Å². The lowest BCUT2D eigenvalue weighted by molar-refractivity contribution is -0.122. The van der Waals surface area contributed by atoms with Crippen LogP contribution >= 0.6 is 0 Å². The number of urea groups is 1. The van der Waals surface area contributed by atoms with E-state index in [9.17, 15) is 9.59 Å². The highest BCUT2D eigenvalue weighted by Gasteiger charge is 2.22. The SMILES string of the molecule is Cc1nc2cc(NC(=O)N[C@@H]3CCCCNC3=O)ccc2o1. The lowest BCUT2D eigenvalue weighted by Gasteiger charge is -2.15. The number of aryl methyl sites for hydroxylation is 1. The van der Waals surface area contributed by atoms with E-state index in [1.165, 1.54) is 0 Å². The molecule has 2 aromatic rings. The highest BCUT2D eigenvalue weighted by atomic mass is 16.3. The van der Waals surface area contributed by atoms with Crippen LogP contribution in [0.15, 0.2) is 22.6 Å². The van der Waals surface area contributed by atoms with Crippen LogP contribution in [-0.4, -0.2) is 29.5 Å². The number of carbonyl (C=O) groups excluding carboxylic acids is 2. The van der Waals surface area contributed by atoms with E-state index >= 15 is 0 Å². The Bertz CT molecular complexity index is 710. The number of amides is 3. The number of benzene rings is 1. The van der Waals surface area contributed by atoms with Gasteiger partial charge in [-0.3, -0.25) is 4.79 Å². The van der Waals surface area contributed by atoms with Gasteiger partial charge in [0.15, 0.2) is 11.5 Å². The average molecular weight is 302 g/mol. The van der Waals surface area contributed by atoms with Crippen molar-refractivity contribution in [3.8, 4) is 0 Å². The molecular formula is C15H18N4O3. The lowest BCUT2D eigenvalue weighted by Crippen LogP contribution is -2.46. The summed E-state index contributed by atoms with van der Waals surface area (Å²) in [5.74, 6) is 0.446. The summed E-state index contributed by atoms with van der Waals surface area (Å²) in [6, 6.07) is 4.34. The summed E-state index contributed by atoms with van der Waals surface area (Å²) in [4.78, 5) is 28.1. The van der Waals surface area contributed by atoms with Gasteiger partial charge in [-0.15, -0.1) is 0 Å². The number of aromatic nitrogens is 1. The number of anilines is 1. The Hall–Kier alpha value is -2.57. The molecular weight excluding hydrogens is 284 g/mol. The summed E-state index contributed by atoms with van der Waals surface area (Å²) < 4.78 is 5.38. The van der Waals surface area contributed by atoms with Gasteiger partial charge in [-0.25, -0.2) is 9.78 Å². The van der Waals surface area contributed by atoms with E-state index in [1.54, 1.807) is 25.1 Å². The molecule has 7 heteroatoms. The largest absolute Gasteiger partial charge is 0.441 e. The van der Waals surface area contributed by atoms with Crippen LogP contribution < -0.4 is 16.0 Å². The Balaban J connectivity index is 1.65. The molecule has 7 nitrogen and oxygen atoms in total. The summed E-state index contributed by atoms with van der Waals surface area (Å²) >= 11 is 0. The molecule has 1 atom stereocenters. The summed E-state index contributed by atoms with van der Waals surface area (Å²) in [6.07, 6.45) is 2.50. The van der Waals surface area contributed by atoms with Gasteiger partial charge < -0.3 is 20.4 Å². The van der Waals surface area contributed by atoms with Gasteiger partial charge in [0.25, 0.3) is 0 Å². The van der Waals surface area contributed by atoms with Crippen molar-refractivity contribution in [1.29, 1.82) is 0 Å². The zero-order valence-electron chi connectivity index (χ0n) is 12.3. The van der Waals surface area contributed by atoms with E-state index in [0.29, 0.717) is 35.6 Å². The monoisotopic (exact) mass is 302 g/mol. The molecule has 0 bridgehead atoms. The highest BCUT2D eigenvalue weighted by Crippen LogP contribution is 2.19. The summed E-state index contributed by atoms with van der Waals surface area (Å²) in [7, 11) is 0. The number of nitrogens with zero attached hydrogens (tertiary/aromatic N) is 1. The third kappa shape index (κ3) is 3.19. The van der Waals surface area contributed by atoms with Gasteiger partial charge in [-0.1, -0.05) is 0 Å². The molecule has 1 aliphatic heterocycles. The van der Waals surface area contributed by atoms with E-state index < -0.39 is 12.1 Å².